The second kappa shape index (κ2) is 16.8. The van der Waals surface area contributed by atoms with Gasteiger partial charge in [-0.25, -0.2) is 4.98 Å². The first-order valence-electron chi connectivity index (χ1n) is 26.4. The first-order chi connectivity index (χ1) is 35.4. The molecule has 2 atom stereocenters. The lowest BCUT2D eigenvalue weighted by Gasteiger charge is -2.50. The molecular weight excluding hydrogens is 905 g/mol. The summed E-state index contributed by atoms with van der Waals surface area (Å²) in [6.07, 6.45) is 11.0. The molecule has 6 nitrogen and oxygen atoms in total. The summed E-state index contributed by atoms with van der Waals surface area (Å²) in [7, 11) is -3.03. The number of benzene rings is 7. The van der Waals surface area contributed by atoms with Gasteiger partial charge in [-0.2, -0.15) is 9.97 Å². The number of anilines is 2. The van der Waals surface area contributed by atoms with Crippen LogP contribution < -0.4 is 25.6 Å². The normalized spacial score (nSPS) is 19.9. The summed E-state index contributed by atoms with van der Waals surface area (Å²) in [5.41, 5.74) is 10.5. The summed E-state index contributed by atoms with van der Waals surface area (Å²) in [4.78, 5) is 24.2. The van der Waals surface area contributed by atoms with Gasteiger partial charge in [0.05, 0.1) is 34.1 Å². The number of hydrogen-bond acceptors (Lipinski definition) is 5. The molecule has 0 saturated heterocycles. The van der Waals surface area contributed by atoms with Crippen LogP contribution in [0.25, 0.3) is 50.5 Å². The van der Waals surface area contributed by atoms with E-state index >= 15 is 0 Å². The van der Waals surface area contributed by atoms with Gasteiger partial charge >= 0.3 is 0 Å². The van der Waals surface area contributed by atoms with Crippen LogP contribution in [0.3, 0.4) is 0 Å². The smallest absolute Gasteiger partial charge is 0.238 e. The quantitative estimate of drug-likeness (QED) is 0.112. The van der Waals surface area contributed by atoms with Crippen molar-refractivity contribution in [3.63, 3.8) is 0 Å². The molecular formula is C66H62N6Si. The highest BCUT2D eigenvalue weighted by atomic mass is 28.3. The van der Waals surface area contributed by atoms with E-state index in [9.17, 15) is 0 Å². The number of rotatable bonds is 8. The minimum atomic E-state index is -3.03. The zero-order valence-corrected chi connectivity index (χ0v) is 43.9. The fraction of sp³-hybridized carbons (Fsp3) is 0.242. The predicted octanol–water partition coefficient (Wildman–Crippen LogP) is 13.2. The molecule has 1 saturated carbocycles. The molecule has 3 aliphatic rings. The molecule has 13 rings (SSSR count). The molecule has 0 N–H and O–H groups in total. The second-order valence-electron chi connectivity index (χ2n) is 22.8. The highest BCUT2D eigenvalue weighted by molar-refractivity contribution is 7.20. The standard InChI is InChI=1S/C66H62N6Si/c1-63(2)39-40-64(3,4)55-43-49(34-35-53(55)63)73(46-23-9-7-10-24-46,47-25-11-8-12-26-47)48-27-21-22-45(42-48)60-68-61(70-62(69-60)71-56-31-16-13-28-50(56)51-29-14-17-32-57(51)71)52-30-15-18-33-58(52)72-59-44-67-41-36-54(59)65(5)37-19-20-38-66(65,72)6/h7-18,21-36,41-44H,19-20,37-40H2,1-6H3. The fourth-order valence-electron chi connectivity index (χ4n) is 13.8. The van der Waals surface area contributed by atoms with Gasteiger partial charge in [0.15, 0.2) is 19.7 Å². The molecule has 1 aliphatic heterocycles. The maximum atomic E-state index is 5.65. The van der Waals surface area contributed by atoms with Crippen LogP contribution in [0.1, 0.15) is 96.8 Å². The van der Waals surface area contributed by atoms with Crippen molar-refractivity contribution in [1.82, 2.24) is 24.5 Å². The number of para-hydroxylation sites is 3. The van der Waals surface area contributed by atoms with Crippen molar-refractivity contribution in [3.8, 4) is 28.7 Å². The van der Waals surface area contributed by atoms with Gasteiger partial charge in [-0.3, -0.25) is 9.55 Å². The molecule has 3 aromatic heterocycles. The number of fused-ring (bicyclic) bond motifs is 7. The number of hydrogen-bond donors (Lipinski definition) is 0. The van der Waals surface area contributed by atoms with Crippen molar-refractivity contribution in [3.05, 3.63) is 211 Å². The molecule has 360 valence electrons. The van der Waals surface area contributed by atoms with Crippen LogP contribution in [-0.4, -0.2) is 38.1 Å². The maximum Gasteiger partial charge on any atom is 0.238 e. The Morgan fingerprint density at radius 1 is 0.452 bits per heavy atom. The van der Waals surface area contributed by atoms with Crippen LogP contribution in [-0.2, 0) is 16.2 Å². The van der Waals surface area contributed by atoms with Gasteiger partial charge < -0.3 is 4.90 Å². The van der Waals surface area contributed by atoms with Gasteiger partial charge in [0.25, 0.3) is 0 Å². The molecule has 0 spiro atoms. The first kappa shape index (κ1) is 45.4. The Hall–Kier alpha value is -7.48. The van der Waals surface area contributed by atoms with E-state index in [0.717, 1.165) is 57.9 Å². The van der Waals surface area contributed by atoms with Gasteiger partial charge in [0.2, 0.25) is 5.95 Å². The van der Waals surface area contributed by atoms with Crippen LogP contribution in [0.5, 0.6) is 0 Å². The van der Waals surface area contributed by atoms with E-state index in [2.05, 4.69) is 239 Å². The van der Waals surface area contributed by atoms with E-state index in [-0.39, 0.29) is 21.8 Å². The topological polar surface area (TPSA) is 59.7 Å². The highest BCUT2D eigenvalue weighted by Gasteiger charge is 2.58. The largest absolute Gasteiger partial charge is 0.333 e. The van der Waals surface area contributed by atoms with Crippen molar-refractivity contribution in [2.45, 2.75) is 102 Å². The maximum absolute atomic E-state index is 5.65. The Balaban J connectivity index is 1.08. The lowest BCUT2D eigenvalue weighted by molar-refractivity contribution is 0.195. The summed E-state index contributed by atoms with van der Waals surface area (Å²) in [5, 5.41) is 7.66. The molecule has 10 aromatic rings. The van der Waals surface area contributed by atoms with E-state index in [4.69, 9.17) is 19.9 Å². The van der Waals surface area contributed by atoms with E-state index in [1.807, 2.05) is 6.20 Å². The zero-order chi connectivity index (χ0) is 49.7. The SMILES string of the molecule is CC1(C)CCC(C)(C)c2cc([Si](c3ccccc3)(c3ccccc3)c3cccc(-c4nc(-c5ccccc5N5c6cnccc6C6(C)CCCCC56C)nc(-n5c6ccccc6c6ccccc65)n4)c3)ccc21. The van der Waals surface area contributed by atoms with Crippen LogP contribution in [0.4, 0.5) is 11.4 Å². The van der Waals surface area contributed by atoms with Crippen molar-refractivity contribution in [1.29, 1.82) is 0 Å². The van der Waals surface area contributed by atoms with Gasteiger partial charge in [0, 0.05) is 33.5 Å². The third kappa shape index (κ3) is 6.80. The minimum Gasteiger partial charge on any atom is -0.333 e. The average Bonchev–Trinajstić information content (AvgIpc) is 3.88. The Labute approximate surface area is 430 Å². The Bertz CT molecular complexity index is 3670. The fourth-order valence-corrected chi connectivity index (χ4v) is 18.6. The molecule has 0 amide bonds. The molecule has 2 aliphatic carbocycles. The molecule has 0 bridgehead atoms. The molecule has 7 aromatic carbocycles. The predicted molar refractivity (Wildman–Crippen MR) is 305 cm³/mol. The lowest BCUT2D eigenvalue weighted by Crippen LogP contribution is -2.75. The molecule has 4 heterocycles. The van der Waals surface area contributed by atoms with Crippen molar-refractivity contribution in [2.24, 2.45) is 0 Å². The summed E-state index contributed by atoms with van der Waals surface area (Å²) in [6, 6.07) is 67.7. The molecule has 73 heavy (non-hydrogen) atoms. The second-order valence-corrected chi connectivity index (χ2v) is 26.6. The summed E-state index contributed by atoms with van der Waals surface area (Å²) in [6.45, 7) is 14.7. The van der Waals surface area contributed by atoms with Gasteiger partial charge in [-0.15, -0.1) is 0 Å². The van der Waals surface area contributed by atoms with Crippen molar-refractivity contribution >= 4 is 62.0 Å². The molecule has 1 fully saturated rings. The Morgan fingerprint density at radius 3 is 1.75 bits per heavy atom. The minimum absolute atomic E-state index is 0.0394. The number of pyridine rings is 1. The third-order valence-electron chi connectivity index (χ3n) is 18.0. The monoisotopic (exact) mass is 966 g/mol. The third-order valence-corrected chi connectivity index (χ3v) is 22.7. The van der Waals surface area contributed by atoms with E-state index in [1.165, 1.54) is 62.4 Å². The summed E-state index contributed by atoms with van der Waals surface area (Å²) >= 11 is 0. The van der Waals surface area contributed by atoms with Crippen LogP contribution in [0.15, 0.2) is 194 Å². The van der Waals surface area contributed by atoms with Gasteiger partial charge in [-0.05, 0) is 111 Å². The van der Waals surface area contributed by atoms with Gasteiger partial charge in [0.1, 0.15) is 0 Å². The summed E-state index contributed by atoms with van der Waals surface area (Å²) < 4.78 is 2.24. The van der Waals surface area contributed by atoms with Crippen LogP contribution >= 0.6 is 0 Å². The number of nitrogens with zero attached hydrogens (tertiary/aromatic N) is 6. The van der Waals surface area contributed by atoms with Crippen molar-refractivity contribution < 1.29 is 0 Å². The Morgan fingerprint density at radius 2 is 1.04 bits per heavy atom. The van der Waals surface area contributed by atoms with E-state index < -0.39 is 8.07 Å². The Kier molecular flexibility index (Phi) is 10.4. The highest BCUT2D eigenvalue weighted by Crippen LogP contribution is 2.61. The molecule has 7 heteroatoms. The molecule has 0 radical (unpaired) electrons. The van der Waals surface area contributed by atoms with E-state index in [1.54, 1.807) is 0 Å². The van der Waals surface area contributed by atoms with Crippen LogP contribution in [0, 0.1) is 0 Å². The lowest BCUT2D eigenvalue weighted by atomic mass is 9.61. The van der Waals surface area contributed by atoms with Crippen molar-refractivity contribution in [2.75, 3.05) is 4.90 Å². The summed E-state index contributed by atoms with van der Waals surface area (Å²) in [5.74, 6) is 1.85. The number of aromatic nitrogens is 5. The van der Waals surface area contributed by atoms with Gasteiger partial charge in [-0.1, -0.05) is 199 Å². The average molecular weight is 967 g/mol. The zero-order valence-electron chi connectivity index (χ0n) is 42.9. The van der Waals surface area contributed by atoms with Crippen LogP contribution in [0.2, 0.25) is 0 Å². The van der Waals surface area contributed by atoms with E-state index in [0.29, 0.717) is 17.6 Å². The molecule has 2 unspecified atom stereocenters. The first-order valence-corrected chi connectivity index (χ1v) is 28.4.